The molecule has 2 amide bonds. The molecule has 2 rings (SSSR count). The van der Waals surface area contributed by atoms with Crippen molar-refractivity contribution in [1.82, 2.24) is 10.6 Å². The number of nitrogens with one attached hydrogen (secondary N) is 4. The normalized spacial score (nSPS) is 13.2. The first-order valence-corrected chi connectivity index (χ1v) is 12.7. The third-order valence-electron chi connectivity index (χ3n) is 5.34. The molecule has 0 aliphatic rings. The number of carbonyl (C=O) groups excluding carboxylic acids is 2. The van der Waals surface area contributed by atoms with Gasteiger partial charge >= 0.3 is 0 Å². The van der Waals surface area contributed by atoms with Gasteiger partial charge in [-0.15, -0.1) is 0 Å². The van der Waals surface area contributed by atoms with Crippen molar-refractivity contribution >= 4 is 33.0 Å². The zero-order chi connectivity index (χ0) is 24.4. The monoisotopic (exact) mass is 474 g/mol. The molecule has 0 bridgehead atoms. The molecule has 2 unspecified atom stereocenters. The molecule has 0 aliphatic carbocycles. The second-order valence-electron chi connectivity index (χ2n) is 8.03. The van der Waals surface area contributed by atoms with Crippen LogP contribution in [0.1, 0.15) is 40.5 Å². The molecule has 2 atom stereocenters. The Labute approximate surface area is 196 Å². The van der Waals surface area contributed by atoms with Crippen LogP contribution in [0.5, 0.6) is 0 Å². The number of benzene rings is 2. The molecule has 0 fully saturated rings. The molecule has 8 nitrogen and oxygen atoms in total. The van der Waals surface area contributed by atoms with Crippen molar-refractivity contribution in [2.45, 2.75) is 62.4 Å². The first kappa shape index (κ1) is 26.5. The van der Waals surface area contributed by atoms with Crippen molar-refractivity contribution in [3.8, 4) is 0 Å². The van der Waals surface area contributed by atoms with Gasteiger partial charge in [0.05, 0.1) is 22.9 Å². The van der Waals surface area contributed by atoms with Gasteiger partial charge in [-0.25, -0.2) is 8.42 Å². The van der Waals surface area contributed by atoms with Gasteiger partial charge in [0.15, 0.2) is 0 Å². The highest BCUT2D eigenvalue weighted by molar-refractivity contribution is 7.91. The molecule has 33 heavy (non-hydrogen) atoms. The lowest BCUT2D eigenvalue weighted by atomic mass is 10.2. The Hall–Kier alpha value is -2.75. The van der Waals surface area contributed by atoms with Crippen LogP contribution in [0.3, 0.4) is 0 Å². The molecule has 0 radical (unpaired) electrons. The molecule has 0 saturated heterocycles. The smallest absolute Gasteiger partial charge is 0.238 e. The van der Waals surface area contributed by atoms with Gasteiger partial charge in [-0.2, -0.15) is 0 Å². The average molecular weight is 475 g/mol. The number of rotatable bonds is 12. The van der Waals surface area contributed by atoms with E-state index in [1.165, 1.54) is 24.3 Å². The Kier molecular flexibility index (Phi) is 10.0. The van der Waals surface area contributed by atoms with Crippen LogP contribution in [0.15, 0.2) is 58.3 Å². The number of sulfone groups is 1. The van der Waals surface area contributed by atoms with Gasteiger partial charge in [-0.3, -0.25) is 9.59 Å². The van der Waals surface area contributed by atoms with E-state index in [2.05, 4.69) is 21.3 Å². The summed E-state index contributed by atoms with van der Waals surface area (Å²) in [7, 11) is -3.73. The quantitative estimate of drug-likeness (QED) is 0.375. The molecule has 0 saturated carbocycles. The molecule has 0 aliphatic heterocycles. The van der Waals surface area contributed by atoms with Gasteiger partial charge in [0.2, 0.25) is 21.7 Å². The Balaban J connectivity index is 1.98. The minimum Gasteiger partial charge on any atom is -0.325 e. The summed E-state index contributed by atoms with van der Waals surface area (Å²) < 4.78 is 25.9. The molecule has 0 spiro atoms. The fraction of sp³-hybridized carbons (Fsp3) is 0.417. The van der Waals surface area contributed by atoms with Crippen LogP contribution < -0.4 is 21.3 Å². The number of amides is 2. The Bertz CT molecular complexity index is 944. The van der Waals surface area contributed by atoms with E-state index in [0.29, 0.717) is 11.4 Å². The van der Waals surface area contributed by atoms with E-state index in [-0.39, 0.29) is 46.8 Å². The third-order valence-corrected chi connectivity index (χ3v) is 7.13. The van der Waals surface area contributed by atoms with E-state index >= 15 is 0 Å². The second kappa shape index (κ2) is 12.5. The maximum absolute atomic E-state index is 12.9. The van der Waals surface area contributed by atoms with Crippen molar-refractivity contribution in [2.75, 3.05) is 23.7 Å². The molecule has 2 aromatic carbocycles. The van der Waals surface area contributed by atoms with Crippen LogP contribution in [0.25, 0.3) is 0 Å². The van der Waals surface area contributed by atoms with Crippen LogP contribution in [-0.4, -0.2) is 45.4 Å². The zero-order valence-electron chi connectivity index (χ0n) is 19.6. The molecule has 180 valence electrons. The second-order valence-corrected chi connectivity index (χ2v) is 9.98. The summed E-state index contributed by atoms with van der Waals surface area (Å²) >= 11 is 0. The minimum atomic E-state index is -3.73. The van der Waals surface area contributed by atoms with Gasteiger partial charge in [-0.05, 0) is 75.2 Å². The van der Waals surface area contributed by atoms with Crippen molar-refractivity contribution in [2.24, 2.45) is 0 Å². The molecule has 4 N–H and O–H groups in total. The summed E-state index contributed by atoms with van der Waals surface area (Å²) in [5.74, 6) is -0.384. The fourth-order valence-electron chi connectivity index (χ4n) is 2.80. The van der Waals surface area contributed by atoms with Crippen molar-refractivity contribution in [3.05, 3.63) is 48.5 Å². The summed E-state index contributed by atoms with van der Waals surface area (Å²) in [6.07, 6.45) is 1.84. The third kappa shape index (κ3) is 8.27. The van der Waals surface area contributed by atoms with Crippen molar-refractivity contribution in [1.29, 1.82) is 0 Å². The Morgan fingerprint density at radius 2 is 1.03 bits per heavy atom. The van der Waals surface area contributed by atoms with Gasteiger partial charge in [0.1, 0.15) is 0 Å². The topological polar surface area (TPSA) is 116 Å². The van der Waals surface area contributed by atoms with Gasteiger partial charge in [0.25, 0.3) is 0 Å². The van der Waals surface area contributed by atoms with E-state index in [1.54, 1.807) is 24.3 Å². The summed E-state index contributed by atoms with van der Waals surface area (Å²) in [6, 6.07) is 12.6. The van der Waals surface area contributed by atoms with E-state index in [0.717, 1.165) is 12.8 Å². The Morgan fingerprint density at radius 1 is 0.697 bits per heavy atom. The number of hydrogen-bond donors (Lipinski definition) is 4. The Morgan fingerprint density at radius 3 is 1.33 bits per heavy atom. The molecular weight excluding hydrogens is 440 g/mol. The van der Waals surface area contributed by atoms with E-state index in [9.17, 15) is 18.0 Å². The predicted molar refractivity (Wildman–Crippen MR) is 131 cm³/mol. The van der Waals surface area contributed by atoms with E-state index in [1.807, 2.05) is 27.7 Å². The standard InChI is InChI=1S/C24H34N4O4S/c1-5-17(3)25-15-23(29)27-19-7-11-21(12-8-19)33(31,32)22-13-9-20(10-14-22)28-24(30)16-26-18(4)6-2/h7-14,17-18,25-26H,5-6,15-16H2,1-4H3,(H,27,29)(H,28,30). The summed E-state index contributed by atoms with van der Waals surface area (Å²) in [5, 5.41) is 11.7. The van der Waals surface area contributed by atoms with Crippen LogP contribution in [0.4, 0.5) is 11.4 Å². The summed E-state index contributed by atoms with van der Waals surface area (Å²) in [5.41, 5.74) is 1.04. The minimum absolute atomic E-state index is 0.118. The molecule has 2 aromatic rings. The lowest BCUT2D eigenvalue weighted by molar-refractivity contribution is -0.116. The highest BCUT2D eigenvalue weighted by atomic mass is 32.2. The average Bonchev–Trinajstić information content (AvgIpc) is 2.81. The SMILES string of the molecule is CCC(C)NCC(=O)Nc1ccc(S(=O)(=O)c2ccc(NC(=O)CNC(C)CC)cc2)cc1. The lowest BCUT2D eigenvalue weighted by Crippen LogP contribution is -2.33. The fourth-order valence-corrected chi connectivity index (χ4v) is 4.06. The van der Waals surface area contributed by atoms with Crippen molar-refractivity contribution < 1.29 is 18.0 Å². The maximum atomic E-state index is 12.9. The molecule has 0 heterocycles. The largest absolute Gasteiger partial charge is 0.325 e. The van der Waals surface area contributed by atoms with Gasteiger partial charge < -0.3 is 21.3 Å². The number of anilines is 2. The zero-order valence-corrected chi connectivity index (χ0v) is 20.5. The van der Waals surface area contributed by atoms with E-state index < -0.39 is 9.84 Å². The molecule has 0 aromatic heterocycles. The van der Waals surface area contributed by atoms with Gasteiger partial charge in [0, 0.05) is 23.5 Å². The van der Waals surface area contributed by atoms with Crippen LogP contribution >= 0.6 is 0 Å². The first-order valence-electron chi connectivity index (χ1n) is 11.2. The van der Waals surface area contributed by atoms with Gasteiger partial charge in [-0.1, -0.05) is 13.8 Å². The molecular formula is C24H34N4O4S. The highest BCUT2D eigenvalue weighted by Crippen LogP contribution is 2.23. The molecule has 9 heteroatoms. The first-order chi connectivity index (χ1) is 15.6. The predicted octanol–water partition coefficient (Wildman–Crippen LogP) is 3.17. The lowest BCUT2D eigenvalue weighted by Gasteiger charge is -2.12. The van der Waals surface area contributed by atoms with Crippen LogP contribution in [-0.2, 0) is 19.4 Å². The highest BCUT2D eigenvalue weighted by Gasteiger charge is 2.18. The van der Waals surface area contributed by atoms with E-state index in [4.69, 9.17) is 0 Å². The van der Waals surface area contributed by atoms with Crippen LogP contribution in [0.2, 0.25) is 0 Å². The summed E-state index contributed by atoms with van der Waals surface area (Å²) in [6.45, 7) is 8.43. The maximum Gasteiger partial charge on any atom is 0.238 e. The van der Waals surface area contributed by atoms with Crippen LogP contribution in [0, 0.1) is 0 Å². The number of hydrogen-bond acceptors (Lipinski definition) is 6. The van der Waals surface area contributed by atoms with Crippen molar-refractivity contribution in [3.63, 3.8) is 0 Å². The number of carbonyl (C=O) groups is 2. The summed E-state index contributed by atoms with van der Waals surface area (Å²) in [4.78, 5) is 24.3.